The summed E-state index contributed by atoms with van der Waals surface area (Å²) in [6.07, 6.45) is 1.74. The van der Waals surface area contributed by atoms with E-state index >= 15 is 0 Å². The summed E-state index contributed by atoms with van der Waals surface area (Å²) in [5.74, 6) is 0.973. The Bertz CT molecular complexity index is 319. The molecule has 0 bridgehead atoms. The number of rotatable bonds is 2. The Morgan fingerprint density at radius 1 is 1.75 bits per heavy atom. The van der Waals surface area contributed by atoms with E-state index in [2.05, 4.69) is 14.8 Å². The first kappa shape index (κ1) is 8.29. The average Bonchev–Trinajstić information content (AvgIpc) is 2.48. The molecule has 0 fully saturated rings. The molecular weight excluding hydrogens is 152 g/mol. The van der Waals surface area contributed by atoms with Crippen LogP contribution in [0.4, 0.5) is 5.82 Å². The number of imidazole rings is 1. The van der Waals surface area contributed by atoms with Gasteiger partial charge in [-0.05, 0) is 6.42 Å². The molecular formula is C8H8N4. The normalized spacial score (nSPS) is 8.92. The topological polar surface area (TPSA) is 56.8 Å². The van der Waals surface area contributed by atoms with Gasteiger partial charge in [-0.15, -0.1) is 0 Å². The molecule has 1 heterocycles. The minimum Gasteiger partial charge on any atom is -0.361 e. The molecule has 0 atom stereocenters. The van der Waals surface area contributed by atoms with Crippen molar-refractivity contribution in [2.24, 2.45) is 0 Å². The number of aryl methyl sites for hydroxylation is 1. The molecule has 60 valence electrons. The van der Waals surface area contributed by atoms with Crippen LogP contribution in [0.3, 0.4) is 0 Å². The summed E-state index contributed by atoms with van der Waals surface area (Å²) in [6, 6.07) is 1.87. The summed E-state index contributed by atoms with van der Waals surface area (Å²) in [5.41, 5.74) is 0.202. The van der Waals surface area contributed by atoms with E-state index in [9.17, 15) is 0 Å². The van der Waals surface area contributed by atoms with Crippen LogP contribution in [0.1, 0.15) is 24.9 Å². The van der Waals surface area contributed by atoms with Gasteiger partial charge in [-0.25, -0.2) is 4.98 Å². The molecule has 0 saturated heterocycles. The lowest BCUT2D eigenvalue weighted by Crippen LogP contribution is -1.84. The molecule has 0 radical (unpaired) electrons. The zero-order chi connectivity index (χ0) is 8.97. The summed E-state index contributed by atoms with van der Waals surface area (Å²) < 4.78 is 0. The number of nitrogens with zero attached hydrogens (tertiary/aromatic N) is 3. The van der Waals surface area contributed by atoms with Crippen LogP contribution in [0, 0.1) is 17.9 Å². The third-order valence-corrected chi connectivity index (χ3v) is 1.44. The second kappa shape index (κ2) is 3.54. The van der Waals surface area contributed by atoms with Crippen LogP contribution in [0.15, 0.2) is 0 Å². The quantitative estimate of drug-likeness (QED) is 0.670. The predicted octanol–water partition coefficient (Wildman–Crippen LogP) is 1.78. The standard InChI is InChI=1S/C8H8N4/c1-3-4-7-11-6(5-9)8(10-2)12-7/h3-4H2,1H3,(H,11,12). The van der Waals surface area contributed by atoms with E-state index in [-0.39, 0.29) is 11.5 Å². The van der Waals surface area contributed by atoms with Crippen molar-refractivity contribution in [2.75, 3.05) is 0 Å². The minimum atomic E-state index is 0.202. The lowest BCUT2D eigenvalue weighted by molar-refractivity contribution is 0.856. The molecule has 1 N–H and O–H groups in total. The fraction of sp³-hybridized carbons (Fsp3) is 0.375. The Balaban J connectivity index is 3.01. The van der Waals surface area contributed by atoms with Crippen molar-refractivity contribution in [3.63, 3.8) is 0 Å². The predicted molar refractivity (Wildman–Crippen MR) is 43.6 cm³/mol. The lowest BCUT2D eigenvalue weighted by Gasteiger charge is -1.83. The highest BCUT2D eigenvalue weighted by Crippen LogP contribution is 2.15. The van der Waals surface area contributed by atoms with Gasteiger partial charge in [0.05, 0.1) is 0 Å². The maximum Gasteiger partial charge on any atom is 0.265 e. The molecule has 0 spiro atoms. The van der Waals surface area contributed by atoms with E-state index in [0.29, 0.717) is 0 Å². The summed E-state index contributed by atoms with van der Waals surface area (Å²) >= 11 is 0. The molecule has 12 heavy (non-hydrogen) atoms. The molecule has 0 amide bonds. The maximum atomic E-state index is 8.56. The van der Waals surface area contributed by atoms with E-state index < -0.39 is 0 Å². The molecule has 0 aliphatic heterocycles. The molecule has 0 aliphatic carbocycles. The largest absolute Gasteiger partial charge is 0.361 e. The van der Waals surface area contributed by atoms with Crippen molar-refractivity contribution in [2.45, 2.75) is 19.8 Å². The van der Waals surface area contributed by atoms with Crippen molar-refractivity contribution in [3.05, 3.63) is 22.9 Å². The monoisotopic (exact) mass is 160 g/mol. The van der Waals surface area contributed by atoms with Gasteiger partial charge in [0.2, 0.25) is 0 Å². The Labute approximate surface area is 70.7 Å². The molecule has 4 nitrogen and oxygen atoms in total. The van der Waals surface area contributed by atoms with Crippen molar-refractivity contribution in [1.82, 2.24) is 9.97 Å². The van der Waals surface area contributed by atoms with Crippen LogP contribution >= 0.6 is 0 Å². The molecule has 1 rings (SSSR count). The summed E-state index contributed by atoms with van der Waals surface area (Å²) in [7, 11) is 0. The highest BCUT2D eigenvalue weighted by Gasteiger charge is 2.08. The number of H-pyrrole nitrogens is 1. The third-order valence-electron chi connectivity index (χ3n) is 1.44. The van der Waals surface area contributed by atoms with Gasteiger partial charge in [0.15, 0.2) is 11.5 Å². The summed E-state index contributed by atoms with van der Waals surface area (Å²) in [5, 5.41) is 8.56. The molecule has 0 unspecified atom stereocenters. The highest BCUT2D eigenvalue weighted by molar-refractivity contribution is 5.49. The van der Waals surface area contributed by atoms with Crippen molar-refractivity contribution in [1.29, 1.82) is 5.26 Å². The number of aromatic amines is 1. The van der Waals surface area contributed by atoms with E-state index in [1.807, 2.05) is 13.0 Å². The fourth-order valence-corrected chi connectivity index (χ4v) is 0.926. The van der Waals surface area contributed by atoms with E-state index in [1.165, 1.54) is 0 Å². The van der Waals surface area contributed by atoms with E-state index in [4.69, 9.17) is 11.8 Å². The second-order valence-corrected chi connectivity index (χ2v) is 2.35. The van der Waals surface area contributed by atoms with Gasteiger partial charge in [-0.3, -0.25) is 4.98 Å². The number of hydrogen-bond acceptors (Lipinski definition) is 2. The van der Waals surface area contributed by atoms with Gasteiger partial charge in [0.1, 0.15) is 6.07 Å². The zero-order valence-electron chi connectivity index (χ0n) is 6.76. The molecule has 1 aromatic heterocycles. The van der Waals surface area contributed by atoms with Crippen LogP contribution in [0.2, 0.25) is 0 Å². The van der Waals surface area contributed by atoms with Gasteiger partial charge in [0, 0.05) is 6.42 Å². The molecule has 0 aliphatic rings. The second-order valence-electron chi connectivity index (χ2n) is 2.35. The van der Waals surface area contributed by atoms with Crippen LogP contribution in [-0.2, 0) is 6.42 Å². The van der Waals surface area contributed by atoms with E-state index in [1.54, 1.807) is 0 Å². The maximum absolute atomic E-state index is 8.56. The first-order valence-corrected chi connectivity index (χ1v) is 3.68. The van der Waals surface area contributed by atoms with Gasteiger partial charge in [-0.1, -0.05) is 13.5 Å². The van der Waals surface area contributed by atoms with Crippen LogP contribution in [0.5, 0.6) is 0 Å². The van der Waals surface area contributed by atoms with Gasteiger partial charge >= 0.3 is 0 Å². The van der Waals surface area contributed by atoms with Gasteiger partial charge in [0.25, 0.3) is 5.82 Å². The summed E-state index contributed by atoms with van der Waals surface area (Å²) in [6.45, 7) is 8.76. The third kappa shape index (κ3) is 1.43. The Hall–Kier alpha value is -1.81. The minimum absolute atomic E-state index is 0.202. The Morgan fingerprint density at radius 3 is 2.92 bits per heavy atom. The number of nitriles is 1. The van der Waals surface area contributed by atoms with Crippen LogP contribution in [0.25, 0.3) is 4.85 Å². The zero-order valence-corrected chi connectivity index (χ0v) is 6.76. The van der Waals surface area contributed by atoms with Crippen LogP contribution in [-0.4, -0.2) is 9.97 Å². The lowest BCUT2D eigenvalue weighted by atomic mass is 10.3. The number of hydrogen-bond donors (Lipinski definition) is 1. The van der Waals surface area contributed by atoms with Crippen molar-refractivity contribution < 1.29 is 0 Å². The number of aromatic nitrogens is 2. The SMILES string of the molecule is [C-]#[N+]c1[nH]c(CCC)nc1C#N. The van der Waals surface area contributed by atoms with Gasteiger partial charge in [-0.2, -0.15) is 5.26 Å². The highest BCUT2D eigenvalue weighted by atomic mass is 15.0. The molecule has 1 aromatic rings. The Morgan fingerprint density at radius 2 is 2.50 bits per heavy atom. The first-order chi connectivity index (χ1) is 5.81. The van der Waals surface area contributed by atoms with E-state index in [0.717, 1.165) is 18.7 Å². The number of nitrogens with one attached hydrogen (secondary N) is 1. The Kier molecular flexibility index (Phi) is 2.45. The molecule has 0 aromatic carbocycles. The summed E-state index contributed by atoms with van der Waals surface area (Å²) in [4.78, 5) is 9.91. The smallest absolute Gasteiger partial charge is 0.265 e. The average molecular weight is 160 g/mol. The first-order valence-electron chi connectivity index (χ1n) is 3.68. The van der Waals surface area contributed by atoms with Crippen molar-refractivity contribution in [3.8, 4) is 6.07 Å². The fourth-order valence-electron chi connectivity index (χ4n) is 0.926. The van der Waals surface area contributed by atoms with Gasteiger partial charge < -0.3 is 4.85 Å². The molecule has 0 saturated carbocycles. The van der Waals surface area contributed by atoms with Crippen LogP contribution < -0.4 is 0 Å². The molecule has 4 heteroatoms. The van der Waals surface area contributed by atoms with Crippen molar-refractivity contribution >= 4 is 5.82 Å².